The van der Waals surface area contributed by atoms with Crippen LogP contribution < -0.4 is 0 Å². The van der Waals surface area contributed by atoms with Gasteiger partial charge in [0.15, 0.2) is 0 Å². The summed E-state index contributed by atoms with van der Waals surface area (Å²) in [5, 5.41) is 0.649. The molecule has 4 rings (SSSR count). The largest absolute Gasteiger partial charge is 0.457 e. The fourth-order valence-corrected chi connectivity index (χ4v) is 4.45. The van der Waals surface area contributed by atoms with Crippen molar-refractivity contribution in [3.8, 4) is 11.3 Å². The molecule has 0 spiro atoms. The second kappa shape index (κ2) is 7.56. The average Bonchev–Trinajstić information content (AvgIpc) is 3.34. The van der Waals surface area contributed by atoms with Crippen molar-refractivity contribution in [1.29, 1.82) is 0 Å². The Labute approximate surface area is 166 Å². The molecule has 0 radical (unpaired) electrons. The Hall–Kier alpha value is -1.60. The molecule has 3 heterocycles. The van der Waals surface area contributed by atoms with Crippen molar-refractivity contribution < 1.29 is 13.9 Å². The Kier molecular flexibility index (Phi) is 5.18. The summed E-state index contributed by atoms with van der Waals surface area (Å²) >= 11 is 12.7. The lowest BCUT2D eigenvalue weighted by Gasteiger charge is -2.18. The fourth-order valence-electron chi connectivity index (χ4n) is 3.01. The monoisotopic (exact) mass is 405 g/mol. The lowest BCUT2D eigenvalue weighted by Crippen LogP contribution is -2.35. The molecule has 2 aliphatic rings. The number of carbonyl (C=O) groups is 1. The van der Waals surface area contributed by atoms with Gasteiger partial charge in [0, 0.05) is 23.3 Å². The first kappa shape index (κ1) is 17.8. The van der Waals surface area contributed by atoms with Crippen molar-refractivity contribution in [1.82, 2.24) is 4.90 Å². The van der Waals surface area contributed by atoms with E-state index in [9.17, 15) is 4.79 Å². The minimum Gasteiger partial charge on any atom is -0.457 e. The molecule has 1 atom stereocenters. The van der Waals surface area contributed by atoms with Crippen LogP contribution in [0.1, 0.15) is 18.6 Å². The SMILES string of the molecule is O=C1/C(=C/c2ccc(-c3cccc(Cl)c3)o2)SC(=S)N1CC1CCCO1. The Bertz CT molecular complexity index is 886. The van der Waals surface area contributed by atoms with Crippen molar-refractivity contribution in [2.24, 2.45) is 0 Å². The van der Waals surface area contributed by atoms with Gasteiger partial charge in [-0.1, -0.05) is 47.7 Å². The Morgan fingerprint density at radius 1 is 1.35 bits per heavy atom. The molecule has 4 nitrogen and oxygen atoms in total. The third-order valence-electron chi connectivity index (χ3n) is 4.29. The number of hydrogen-bond donors (Lipinski definition) is 0. The van der Waals surface area contributed by atoms with Gasteiger partial charge in [-0.2, -0.15) is 0 Å². The summed E-state index contributed by atoms with van der Waals surface area (Å²) in [6.45, 7) is 1.28. The first-order valence-corrected chi connectivity index (χ1v) is 9.93. The quantitative estimate of drug-likeness (QED) is 0.530. The summed E-state index contributed by atoms with van der Waals surface area (Å²) in [7, 11) is 0. The van der Waals surface area contributed by atoms with Gasteiger partial charge in [0.1, 0.15) is 15.8 Å². The van der Waals surface area contributed by atoms with Gasteiger partial charge in [-0.05, 0) is 37.1 Å². The van der Waals surface area contributed by atoms with Crippen LogP contribution in [0.3, 0.4) is 0 Å². The van der Waals surface area contributed by atoms with Crippen LogP contribution >= 0.6 is 35.6 Å². The first-order chi connectivity index (χ1) is 12.6. The minimum atomic E-state index is -0.0868. The summed E-state index contributed by atoms with van der Waals surface area (Å²) in [5.41, 5.74) is 0.892. The molecule has 2 saturated heterocycles. The van der Waals surface area contributed by atoms with Crippen LogP contribution in [0.4, 0.5) is 0 Å². The van der Waals surface area contributed by atoms with Gasteiger partial charge in [-0.25, -0.2) is 0 Å². The third-order valence-corrected chi connectivity index (χ3v) is 5.91. The molecule has 2 aliphatic heterocycles. The average molecular weight is 406 g/mol. The molecular weight excluding hydrogens is 390 g/mol. The van der Waals surface area contributed by atoms with Crippen LogP contribution in [0.15, 0.2) is 45.7 Å². The zero-order valence-electron chi connectivity index (χ0n) is 13.8. The smallest absolute Gasteiger partial charge is 0.266 e. The number of thioether (sulfide) groups is 1. The maximum atomic E-state index is 12.7. The molecule has 1 aromatic carbocycles. The molecule has 26 heavy (non-hydrogen) atoms. The predicted octanol–water partition coefficient (Wildman–Crippen LogP) is 4.98. The summed E-state index contributed by atoms with van der Waals surface area (Å²) in [4.78, 5) is 14.9. The Morgan fingerprint density at radius 2 is 2.23 bits per heavy atom. The van der Waals surface area contributed by atoms with E-state index in [0.29, 0.717) is 32.3 Å². The van der Waals surface area contributed by atoms with E-state index >= 15 is 0 Å². The summed E-state index contributed by atoms with van der Waals surface area (Å²) in [5.74, 6) is 1.22. The summed E-state index contributed by atoms with van der Waals surface area (Å²) < 4.78 is 12.0. The number of nitrogens with zero attached hydrogens (tertiary/aromatic N) is 1. The lowest BCUT2D eigenvalue weighted by molar-refractivity contribution is -0.123. The second-order valence-electron chi connectivity index (χ2n) is 6.14. The minimum absolute atomic E-state index is 0.0786. The number of ether oxygens (including phenoxy) is 1. The molecule has 0 saturated carbocycles. The van der Waals surface area contributed by atoms with E-state index < -0.39 is 0 Å². The second-order valence-corrected chi connectivity index (χ2v) is 8.25. The van der Waals surface area contributed by atoms with E-state index in [1.54, 1.807) is 11.0 Å². The van der Waals surface area contributed by atoms with E-state index in [-0.39, 0.29) is 12.0 Å². The van der Waals surface area contributed by atoms with Gasteiger partial charge in [-0.15, -0.1) is 0 Å². The van der Waals surface area contributed by atoms with Crippen molar-refractivity contribution in [2.75, 3.05) is 13.2 Å². The molecule has 0 N–H and O–H groups in total. The zero-order valence-corrected chi connectivity index (χ0v) is 16.2. The number of amides is 1. The molecule has 0 bridgehead atoms. The van der Waals surface area contributed by atoms with Gasteiger partial charge < -0.3 is 9.15 Å². The number of hydrogen-bond acceptors (Lipinski definition) is 5. The molecule has 1 aromatic heterocycles. The Balaban J connectivity index is 1.51. The maximum absolute atomic E-state index is 12.7. The highest BCUT2D eigenvalue weighted by atomic mass is 35.5. The van der Waals surface area contributed by atoms with Gasteiger partial charge in [0.05, 0.1) is 17.6 Å². The van der Waals surface area contributed by atoms with Gasteiger partial charge >= 0.3 is 0 Å². The molecule has 0 aliphatic carbocycles. The molecule has 1 unspecified atom stereocenters. The van der Waals surface area contributed by atoms with Gasteiger partial charge in [-0.3, -0.25) is 9.69 Å². The molecule has 2 fully saturated rings. The van der Waals surface area contributed by atoms with Crippen LogP contribution in [0.5, 0.6) is 0 Å². The van der Waals surface area contributed by atoms with Crippen molar-refractivity contribution in [2.45, 2.75) is 18.9 Å². The Morgan fingerprint density at radius 3 is 3.00 bits per heavy atom. The predicted molar refractivity (Wildman–Crippen MR) is 108 cm³/mol. The van der Waals surface area contributed by atoms with Crippen molar-refractivity contribution in [3.63, 3.8) is 0 Å². The number of benzene rings is 1. The number of thiocarbonyl (C=S) groups is 1. The molecule has 134 valence electrons. The van der Waals surface area contributed by atoms with E-state index in [2.05, 4.69) is 0 Å². The molecule has 2 aromatic rings. The van der Waals surface area contributed by atoms with Crippen molar-refractivity contribution in [3.05, 3.63) is 52.1 Å². The van der Waals surface area contributed by atoms with E-state index in [1.165, 1.54) is 11.8 Å². The normalized spacial score (nSPS) is 22.0. The fraction of sp³-hybridized carbons (Fsp3) is 0.263. The third kappa shape index (κ3) is 3.74. The number of carbonyl (C=O) groups excluding carboxylic acids is 1. The molecule has 1 amide bonds. The summed E-state index contributed by atoms with van der Waals surface area (Å²) in [6, 6.07) is 11.2. The van der Waals surface area contributed by atoms with Gasteiger partial charge in [0.2, 0.25) is 0 Å². The van der Waals surface area contributed by atoms with E-state index in [1.807, 2.05) is 36.4 Å². The highest BCUT2D eigenvalue weighted by molar-refractivity contribution is 8.26. The standard InChI is InChI=1S/C19H16ClNO3S2/c20-13-4-1-3-12(9-13)16-7-6-14(24-16)10-17-18(22)21(19(25)26-17)11-15-5-2-8-23-15/h1,3-4,6-7,9-10,15H,2,5,8,11H2/b17-10-. The van der Waals surface area contributed by atoms with Gasteiger partial charge in [0.25, 0.3) is 5.91 Å². The van der Waals surface area contributed by atoms with Crippen LogP contribution in [-0.4, -0.2) is 34.4 Å². The van der Waals surface area contributed by atoms with Crippen molar-refractivity contribution >= 4 is 51.9 Å². The van der Waals surface area contributed by atoms with Crippen LogP contribution in [0.2, 0.25) is 5.02 Å². The lowest BCUT2D eigenvalue weighted by atomic mass is 10.2. The number of rotatable bonds is 4. The number of furan rings is 1. The zero-order chi connectivity index (χ0) is 18.1. The maximum Gasteiger partial charge on any atom is 0.266 e. The van der Waals surface area contributed by atoms with Crippen LogP contribution in [0, 0.1) is 0 Å². The van der Waals surface area contributed by atoms with Crippen LogP contribution in [-0.2, 0) is 9.53 Å². The van der Waals surface area contributed by atoms with Crippen LogP contribution in [0.25, 0.3) is 17.4 Å². The van der Waals surface area contributed by atoms with E-state index in [0.717, 1.165) is 25.0 Å². The molecule has 7 heteroatoms. The van der Waals surface area contributed by atoms with E-state index in [4.69, 9.17) is 33.0 Å². The number of halogens is 1. The highest BCUT2D eigenvalue weighted by Gasteiger charge is 2.34. The highest BCUT2D eigenvalue weighted by Crippen LogP contribution is 2.34. The topological polar surface area (TPSA) is 42.7 Å². The molecular formula is C19H16ClNO3S2. The first-order valence-electron chi connectivity index (χ1n) is 8.33. The summed E-state index contributed by atoms with van der Waals surface area (Å²) in [6.07, 6.45) is 3.82.